The van der Waals surface area contributed by atoms with Gasteiger partial charge in [-0.25, -0.2) is 13.8 Å². The Kier molecular flexibility index (Phi) is 2.97. The molecule has 92 valence electrons. The van der Waals surface area contributed by atoms with Gasteiger partial charge in [0.15, 0.2) is 11.6 Å². The Bertz CT molecular complexity index is 548. The number of nitrogen functional groups attached to an aromatic ring is 1. The number of imidazole rings is 1. The molecule has 2 aromatic rings. The van der Waals surface area contributed by atoms with Crippen LogP contribution in [0.15, 0.2) is 12.1 Å². The Balaban J connectivity index is 2.47. The molecule has 0 saturated heterocycles. The first-order valence-electron chi connectivity index (χ1n) is 5.24. The van der Waals surface area contributed by atoms with Gasteiger partial charge in [-0.3, -0.25) is 0 Å². The number of nitrogens with two attached hydrogens (primary N) is 1. The lowest BCUT2D eigenvalue weighted by Crippen LogP contribution is -2.19. The highest BCUT2D eigenvalue weighted by Crippen LogP contribution is 2.20. The van der Waals surface area contributed by atoms with Gasteiger partial charge in [0.05, 0.1) is 11.0 Å². The van der Waals surface area contributed by atoms with E-state index in [0.717, 1.165) is 18.7 Å². The molecule has 0 amide bonds. The quantitative estimate of drug-likeness (QED) is 0.883. The number of hydrogen-bond donors (Lipinski definition) is 1. The molecule has 6 heteroatoms. The number of nitrogens with zero attached hydrogens (tertiary/aromatic N) is 3. The minimum absolute atomic E-state index is 0.270. The van der Waals surface area contributed by atoms with E-state index in [1.807, 2.05) is 19.0 Å². The zero-order valence-corrected chi connectivity index (χ0v) is 9.74. The van der Waals surface area contributed by atoms with Crippen LogP contribution in [0.5, 0.6) is 0 Å². The Hall–Kier alpha value is -1.69. The van der Waals surface area contributed by atoms with Crippen LogP contribution in [0.1, 0.15) is 0 Å². The summed E-state index contributed by atoms with van der Waals surface area (Å²) < 4.78 is 27.9. The number of anilines is 1. The molecule has 4 nitrogen and oxygen atoms in total. The number of halogens is 2. The van der Waals surface area contributed by atoms with Gasteiger partial charge in [0, 0.05) is 25.2 Å². The van der Waals surface area contributed by atoms with Gasteiger partial charge in [-0.1, -0.05) is 0 Å². The van der Waals surface area contributed by atoms with E-state index in [0.29, 0.717) is 17.6 Å². The fourth-order valence-corrected chi connectivity index (χ4v) is 1.67. The summed E-state index contributed by atoms with van der Waals surface area (Å²) >= 11 is 0. The van der Waals surface area contributed by atoms with Gasteiger partial charge in [0.25, 0.3) is 0 Å². The number of rotatable bonds is 3. The maximum atomic E-state index is 13.2. The van der Waals surface area contributed by atoms with Crippen molar-refractivity contribution in [2.24, 2.45) is 0 Å². The molecular weight excluding hydrogens is 226 g/mol. The molecule has 0 aliphatic carbocycles. The summed E-state index contributed by atoms with van der Waals surface area (Å²) in [7, 11) is 3.85. The van der Waals surface area contributed by atoms with Crippen molar-refractivity contribution < 1.29 is 8.78 Å². The molecule has 0 bridgehead atoms. The largest absolute Gasteiger partial charge is 0.369 e. The van der Waals surface area contributed by atoms with Crippen LogP contribution in [0, 0.1) is 11.6 Å². The molecule has 0 fully saturated rings. The highest BCUT2D eigenvalue weighted by Gasteiger charge is 2.12. The summed E-state index contributed by atoms with van der Waals surface area (Å²) in [6.45, 7) is 1.33. The van der Waals surface area contributed by atoms with E-state index in [1.165, 1.54) is 0 Å². The van der Waals surface area contributed by atoms with Crippen molar-refractivity contribution in [1.29, 1.82) is 0 Å². The average molecular weight is 240 g/mol. The smallest absolute Gasteiger partial charge is 0.201 e. The first kappa shape index (κ1) is 11.8. The minimum atomic E-state index is -0.908. The van der Waals surface area contributed by atoms with Crippen LogP contribution in [0.2, 0.25) is 0 Å². The molecular formula is C11H14F2N4. The normalized spacial score (nSPS) is 11.6. The number of benzene rings is 1. The third-order valence-electron chi connectivity index (χ3n) is 2.59. The second kappa shape index (κ2) is 4.29. The van der Waals surface area contributed by atoms with Crippen molar-refractivity contribution in [3.05, 3.63) is 23.8 Å². The summed E-state index contributed by atoms with van der Waals surface area (Å²) in [4.78, 5) is 5.99. The summed E-state index contributed by atoms with van der Waals surface area (Å²) in [6.07, 6.45) is 0. The van der Waals surface area contributed by atoms with Gasteiger partial charge in [-0.2, -0.15) is 0 Å². The van der Waals surface area contributed by atoms with Crippen LogP contribution < -0.4 is 5.73 Å². The molecule has 1 aromatic heterocycles. The Labute approximate surface area is 97.6 Å². The molecule has 0 atom stereocenters. The molecule has 0 radical (unpaired) electrons. The van der Waals surface area contributed by atoms with Gasteiger partial charge in [-0.05, 0) is 14.1 Å². The fourth-order valence-electron chi connectivity index (χ4n) is 1.67. The Morgan fingerprint density at radius 3 is 2.59 bits per heavy atom. The molecule has 0 unspecified atom stereocenters. The third-order valence-corrected chi connectivity index (χ3v) is 2.59. The second-order valence-corrected chi connectivity index (χ2v) is 4.18. The van der Waals surface area contributed by atoms with Gasteiger partial charge in [0.1, 0.15) is 0 Å². The first-order valence-corrected chi connectivity index (χ1v) is 5.24. The molecule has 2 N–H and O–H groups in total. The Morgan fingerprint density at radius 1 is 1.29 bits per heavy atom. The van der Waals surface area contributed by atoms with Gasteiger partial charge in [0.2, 0.25) is 5.95 Å². The number of likely N-dealkylation sites (N-methyl/N-ethyl adjacent to an activating group) is 1. The molecule has 17 heavy (non-hydrogen) atoms. The van der Waals surface area contributed by atoms with E-state index in [4.69, 9.17) is 5.73 Å². The fraction of sp³-hybridized carbons (Fsp3) is 0.364. The van der Waals surface area contributed by atoms with Crippen LogP contribution in [0.4, 0.5) is 14.7 Å². The van der Waals surface area contributed by atoms with Crippen LogP contribution in [-0.2, 0) is 6.54 Å². The molecule has 2 rings (SSSR count). The number of aromatic nitrogens is 2. The van der Waals surface area contributed by atoms with Gasteiger partial charge in [-0.15, -0.1) is 0 Å². The lowest BCUT2D eigenvalue weighted by molar-refractivity contribution is 0.387. The average Bonchev–Trinajstić information content (AvgIpc) is 2.52. The van der Waals surface area contributed by atoms with E-state index < -0.39 is 11.6 Å². The molecule has 1 heterocycles. The summed E-state index contributed by atoms with van der Waals surface area (Å²) in [6, 6.07) is 2.19. The molecule has 1 aromatic carbocycles. The van der Waals surface area contributed by atoms with Crippen molar-refractivity contribution in [1.82, 2.24) is 14.5 Å². The monoisotopic (exact) mass is 240 g/mol. The predicted molar refractivity (Wildman–Crippen MR) is 62.6 cm³/mol. The van der Waals surface area contributed by atoms with E-state index in [2.05, 4.69) is 4.98 Å². The van der Waals surface area contributed by atoms with Crippen molar-refractivity contribution in [2.45, 2.75) is 6.54 Å². The van der Waals surface area contributed by atoms with Crippen molar-refractivity contribution in [3.8, 4) is 0 Å². The topological polar surface area (TPSA) is 47.1 Å². The van der Waals surface area contributed by atoms with Gasteiger partial charge < -0.3 is 15.2 Å². The highest BCUT2D eigenvalue weighted by molar-refractivity contribution is 5.78. The highest BCUT2D eigenvalue weighted by atomic mass is 19.2. The number of fused-ring (bicyclic) bond motifs is 1. The van der Waals surface area contributed by atoms with Crippen molar-refractivity contribution >= 4 is 17.0 Å². The number of hydrogen-bond acceptors (Lipinski definition) is 3. The van der Waals surface area contributed by atoms with Crippen LogP contribution in [0.25, 0.3) is 11.0 Å². The summed E-state index contributed by atoms with van der Waals surface area (Å²) in [5.74, 6) is -1.52. The molecule has 0 aliphatic rings. The van der Waals surface area contributed by atoms with Crippen LogP contribution in [0.3, 0.4) is 0 Å². The standard InChI is InChI=1S/C11H14F2N4/c1-16(2)3-4-17-10-6-8(13)7(12)5-9(10)15-11(17)14/h5-6H,3-4H2,1-2H3,(H2,14,15). The van der Waals surface area contributed by atoms with Crippen LogP contribution in [-0.4, -0.2) is 35.1 Å². The predicted octanol–water partition coefficient (Wildman–Crippen LogP) is 1.46. The van der Waals surface area contributed by atoms with E-state index in [1.54, 1.807) is 4.57 Å². The molecule has 0 saturated carbocycles. The van der Waals surface area contributed by atoms with E-state index in [9.17, 15) is 8.78 Å². The maximum Gasteiger partial charge on any atom is 0.201 e. The summed E-state index contributed by atoms with van der Waals surface area (Å²) in [5, 5.41) is 0. The maximum absolute atomic E-state index is 13.2. The lowest BCUT2D eigenvalue weighted by atomic mass is 10.3. The molecule has 0 aliphatic heterocycles. The lowest BCUT2D eigenvalue weighted by Gasteiger charge is -2.11. The Morgan fingerprint density at radius 2 is 1.94 bits per heavy atom. The third kappa shape index (κ3) is 2.21. The SMILES string of the molecule is CN(C)CCn1c(N)nc2cc(F)c(F)cc21. The van der Waals surface area contributed by atoms with Gasteiger partial charge >= 0.3 is 0 Å². The molecule has 0 spiro atoms. The minimum Gasteiger partial charge on any atom is -0.369 e. The van der Waals surface area contributed by atoms with E-state index in [-0.39, 0.29) is 5.95 Å². The zero-order valence-electron chi connectivity index (χ0n) is 9.74. The second-order valence-electron chi connectivity index (χ2n) is 4.18. The van der Waals surface area contributed by atoms with Crippen molar-refractivity contribution in [3.63, 3.8) is 0 Å². The summed E-state index contributed by atoms with van der Waals surface area (Å²) in [5.41, 5.74) is 6.62. The first-order chi connectivity index (χ1) is 7.99. The zero-order chi connectivity index (χ0) is 12.6. The van der Waals surface area contributed by atoms with E-state index >= 15 is 0 Å². The van der Waals surface area contributed by atoms with Crippen LogP contribution >= 0.6 is 0 Å². The van der Waals surface area contributed by atoms with Crippen molar-refractivity contribution in [2.75, 3.05) is 26.4 Å².